The molecule has 0 radical (unpaired) electrons. The van der Waals surface area contributed by atoms with Crippen LogP contribution in [0.5, 0.6) is 0 Å². The van der Waals surface area contributed by atoms with Crippen LogP contribution in [0.4, 0.5) is 5.82 Å². The summed E-state index contributed by atoms with van der Waals surface area (Å²) in [6.45, 7) is -0.427. The molecule has 0 bridgehead atoms. The molecule has 5 N–H and O–H groups in total. The Labute approximate surface area is 113 Å². The Morgan fingerprint density at radius 3 is 3.00 bits per heavy atom. The number of nitrogen functional groups attached to an aromatic ring is 1. The van der Waals surface area contributed by atoms with Crippen LogP contribution >= 0.6 is 0 Å². The van der Waals surface area contributed by atoms with Crippen molar-refractivity contribution in [1.29, 1.82) is 0 Å². The van der Waals surface area contributed by atoms with Crippen molar-refractivity contribution in [1.82, 2.24) is 19.5 Å². The van der Waals surface area contributed by atoms with Gasteiger partial charge >= 0.3 is 0 Å². The largest absolute Gasteiger partial charge is 0.394 e. The van der Waals surface area contributed by atoms with Gasteiger partial charge in [-0.05, 0) is 0 Å². The summed E-state index contributed by atoms with van der Waals surface area (Å²) in [5.74, 6) is 0.244. The average Bonchev–Trinajstić information content (AvgIpc) is 3.02. The third-order valence-corrected chi connectivity index (χ3v) is 3.39. The van der Waals surface area contributed by atoms with Crippen LogP contribution in [-0.4, -0.2) is 59.8 Å². The van der Waals surface area contributed by atoms with Gasteiger partial charge in [0.2, 0.25) is 0 Å². The van der Waals surface area contributed by atoms with Crippen LogP contribution in [-0.2, 0) is 4.74 Å². The fourth-order valence-corrected chi connectivity index (χ4v) is 2.35. The van der Waals surface area contributed by atoms with Gasteiger partial charge in [0.1, 0.15) is 24.1 Å². The molecule has 1 aliphatic heterocycles. The summed E-state index contributed by atoms with van der Waals surface area (Å²) < 4.78 is 7.12. The Bertz CT molecular complexity index is 618. The second-order valence-corrected chi connectivity index (χ2v) is 4.70. The summed E-state index contributed by atoms with van der Waals surface area (Å²) >= 11 is 0. The van der Waals surface area contributed by atoms with Crippen LogP contribution in [0.3, 0.4) is 0 Å². The van der Waals surface area contributed by atoms with Crippen molar-refractivity contribution in [3.63, 3.8) is 0 Å². The molecule has 0 amide bonds. The molecule has 1 saturated heterocycles. The molecule has 9 nitrogen and oxygen atoms in total. The molecule has 2 aromatic rings. The molecule has 0 spiro atoms. The van der Waals surface area contributed by atoms with E-state index in [-0.39, 0.29) is 12.2 Å². The summed E-state index contributed by atoms with van der Waals surface area (Å²) in [5, 5.41) is 28.6. The maximum absolute atomic E-state index is 10.1. The first-order valence-corrected chi connectivity index (χ1v) is 6.17. The summed E-state index contributed by atoms with van der Waals surface area (Å²) in [5.41, 5.74) is 6.57. The Hall–Kier alpha value is -1.81. The lowest BCUT2D eigenvalue weighted by Crippen LogP contribution is -2.29. The molecular weight excluding hydrogens is 266 g/mol. The van der Waals surface area contributed by atoms with Crippen LogP contribution in [0, 0.1) is 0 Å². The summed E-state index contributed by atoms with van der Waals surface area (Å²) in [7, 11) is 0. The minimum Gasteiger partial charge on any atom is -0.394 e. The number of ether oxygens (including phenoxy) is 1. The van der Waals surface area contributed by atoms with Crippen LogP contribution in [0.25, 0.3) is 11.2 Å². The number of hydrogen-bond donors (Lipinski definition) is 4. The number of aliphatic hydroxyl groups excluding tert-OH is 3. The highest BCUT2D eigenvalue weighted by molar-refractivity contribution is 5.81. The van der Waals surface area contributed by atoms with Crippen molar-refractivity contribution in [2.75, 3.05) is 12.3 Å². The zero-order valence-corrected chi connectivity index (χ0v) is 10.5. The van der Waals surface area contributed by atoms with Crippen LogP contribution in [0.15, 0.2) is 12.7 Å². The summed E-state index contributed by atoms with van der Waals surface area (Å²) in [6, 6.07) is 0. The third kappa shape index (κ3) is 2.00. The van der Waals surface area contributed by atoms with Gasteiger partial charge in [-0.25, -0.2) is 15.0 Å². The van der Waals surface area contributed by atoms with E-state index in [2.05, 4.69) is 15.0 Å². The molecule has 2 aromatic heterocycles. The van der Waals surface area contributed by atoms with Crippen molar-refractivity contribution >= 4 is 17.0 Å². The predicted octanol–water partition coefficient (Wildman–Crippen LogP) is -1.59. The minimum absolute atomic E-state index is 0.215. The van der Waals surface area contributed by atoms with Gasteiger partial charge in [-0.2, -0.15) is 0 Å². The first-order chi connectivity index (χ1) is 9.61. The van der Waals surface area contributed by atoms with E-state index in [1.165, 1.54) is 12.7 Å². The Balaban J connectivity index is 1.94. The zero-order valence-electron chi connectivity index (χ0n) is 10.5. The van der Waals surface area contributed by atoms with E-state index in [1.807, 2.05) is 0 Å². The average molecular weight is 281 g/mol. The molecule has 0 unspecified atom stereocenters. The molecule has 0 aromatic carbocycles. The smallest absolute Gasteiger partial charge is 0.167 e. The number of fused-ring (bicyclic) bond motifs is 1. The van der Waals surface area contributed by atoms with Crippen molar-refractivity contribution in [3.8, 4) is 0 Å². The molecule has 20 heavy (non-hydrogen) atoms. The number of anilines is 1. The van der Waals surface area contributed by atoms with E-state index in [1.54, 1.807) is 4.57 Å². The van der Waals surface area contributed by atoms with Gasteiger partial charge < -0.3 is 25.8 Å². The Morgan fingerprint density at radius 1 is 1.45 bits per heavy atom. The van der Waals surface area contributed by atoms with Gasteiger partial charge in [-0.15, -0.1) is 0 Å². The van der Waals surface area contributed by atoms with E-state index in [4.69, 9.17) is 15.6 Å². The van der Waals surface area contributed by atoms with E-state index >= 15 is 0 Å². The van der Waals surface area contributed by atoms with Crippen LogP contribution in [0.2, 0.25) is 0 Å². The predicted molar refractivity (Wildman–Crippen MR) is 67.4 cm³/mol. The lowest BCUT2D eigenvalue weighted by molar-refractivity contribution is -0.0850. The van der Waals surface area contributed by atoms with Gasteiger partial charge in [0.15, 0.2) is 17.7 Å². The van der Waals surface area contributed by atoms with Gasteiger partial charge in [0.05, 0.1) is 19.0 Å². The van der Waals surface area contributed by atoms with Gasteiger partial charge in [0.25, 0.3) is 0 Å². The quantitative estimate of drug-likeness (QED) is 0.528. The van der Waals surface area contributed by atoms with Crippen molar-refractivity contribution in [2.45, 2.75) is 31.0 Å². The minimum atomic E-state index is -1.04. The number of rotatable bonds is 3. The maximum atomic E-state index is 10.1. The monoisotopic (exact) mass is 281 g/mol. The number of nitrogens with zero attached hydrogens (tertiary/aromatic N) is 4. The molecule has 0 saturated carbocycles. The van der Waals surface area contributed by atoms with Crippen LogP contribution in [0.1, 0.15) is 12.6 Å². The topological polar surface area (TPSA) is 140 Å². The zero-order chi connectivity index (χ0) is 14.3. The first-order valence-electron chi connectivity index (χ1n) is 6.17. The summed E-state index contributed by atoms with van der Waals surface area (Å²) in [4.78, 5) is 12.0. The van der Waals surface area contributed by atoms with Crippen LogP contribution < -0.4 is 5.73 Å². The Morgan fingerprint density at radius 2 is 2.25 bits per heavy atom. The van der Waals surface area contributed by atoms with Gasteiger partial charge in [-0.1, -0.05) is 0 Å². The first kappa shape index (κ1) is 13.2. The molecule has 108 valence electrons. The maximum Gasteiger partial charge on any atom is 0.167 e. The number of hydrogen-bond acceptors (Lipinski definition) is 8. The van der Waals surface area contributed by atoms with E-state index < -0.39 is 31.1 Å². The highest BCUT2D eigenvalue weighted by atomic mass is 16.5. The fraction of sp³-hybridized carbons (Fsp3) is 0.545. The fourth-order valence-electron chi connectivity index (χ4n) is 2.35. The number of nitrogens with two attached hydrogens (primary N) is 1. The SMILES string of the molecule is Nc1ncnc2c1ncn2[C@@H]1O[C@H]([C@H](O)CO)C[C@H]1O. The molecule has 1 aliphatic rings. The second-order valence-electron chi connectivity index (χ2n) is 4.70. The molecule has 4 atom stereocenters. The highest BCUT2D eigenvalue weighted by Gasteiger charge is 2.39. The lowest BCUT2D eigenvalue weighted by atomic mass is 10.1. The van der Waals surface area contributed by atoms with E-state index in [0.717, 1.165) is 0 Å². The highest BCUT2D eigenvalue weighted by Crippen LogP contribution is 2.32. The molecule has 0 aliphatic carbocycles. The molecule has 1 fully saturated rings. The van der Waals surface area contributed by atoms with E-state index in [0.29, 0.717) is 11.2 Å². The number of aromatic nitrogens is 4. The molecule has 9 heteroatoms. The molecule has 3 rings (SSSR count). The normalized spacial score (nSPS) is 28.1. The summed E-state index contributed by atoms with van der Waals surface area (Å²) in [6.07, 6.45) is -0.280. The number of aliphatic hydroxyl groups is 3. The number of imidazole rings is 1. The van der Waals surface area contributed by atoms with Gasteiger partial charge in [-0.3, -0.25) is 4.57 Å². The molecule has 3 heterocycles. The van der Waals surface area contributed by atoms with Gasteiger partial charge in [0, 0.05) is 6.42 Å². The third-order valence-electron chi connectivity index (χ3n) is 3.39. The second kappa shape index (κ2) is 4.94. The van der Waals surface area contributed by atoms with E-state index in [9.17, 15) is 10.2 Å². The standard InChI is InChI=1S/C11H15N5O4/c12-9-8-10(14-3-13-9)16(4-15-8)11-5(18)1-7(20-11)6(19)2-17/h3-7,11,17-19H,1-2H2,(H2,12,13,14)/t5-,6-,7+,11-/m1/s1. The van der Waals surface area contributed by atoms with Crippen molar-refractivity contribution in [3.05, 3.63) is 12.7 Å². The van der Waals surface area contributed by atoms with Crippen molar-refractivity contribution < 1.29 is 20.1 Å². The lowest BCUT2D eigenvalue weighted by Gasteiger charge is -2.18. The molecular formula is C11H15N5O4. The van der Waals surface area contributed by atoms with Crippen molar-refractivity contribution in [2.24, 2.45) is 0 Å². The Kier molecular flexibility index (Phi) is 3.26.